The molecule has 0 saturated carbocycles. The molecule has 2 rings (SSSR count). The average Bonchev–Trinajstić information content (AvgIpc) is 2.73. The second kappa shape index (κ2) is 6.21. The van der Waals surface area contributed by atoms with Crippen molar-refractivity contribution in [3.8, 4) is 0 Å². The summed E-state index contributed by atoms with van der Waals surface area (Å²) in [4.78, 5) is 45.4. The maximum Gasteiger partial charge on any atom is 0.346 e. The molecule has 0 bridgehead atoms. The maximum atomic E-state index is 11.5. The van der Waals surface area contributed by atoms with Crippen molar-refractivity contribution < 1.29 is 33.8 Å². The molecule has 1 aliphatic rings. The van der Waals surface area contributed by atoms with Crippen molar-refractivity contribution in [2.45, 2.75) is 13.3 Å². The number of carbonyl (C=O) groups is 4. The third-order valence-corrected chi connectivity index (χ3v) is 3.02. The fourth-order valence-electron chi connectivity index (χ4n) is 2.03. The molecule has 0 fully saturated rings. The smallest absolute Gasteiger partial charge is 0.346 e. The van der Waals surface area contributed by atoms with Crippen LogP contribution in [0.15, 0.2) is 24.3 Å². The lowest BCUT2D eigenvalue weighted by atomic mass is 9.97. The number of hydrogen-bond acceptors (Lipinski definition) is 6. The topological polar surface area (TPSA) is 107 Å². The molecule has 114 valence electrons. The van der Waals surface area contributed by atoms with Crippen molar-refractivity contribution in [1.82, 2.24) is 0 Å². The summed E-state index contributed by atoms with van der Waals surface area (Å²) < 4.78 is 9.32. The van der Waals surface area contributed by atoms with Crippen LogP contribution >= 0.6 is 0 Å². The molecule has 0 aromatic heterocycles. The molecule has 0 atom stereocenters. The summed E-state index contributed by atoms with van der Waals surface area (Å²) in [6.45, 7) is 1.61. The van der Waals surface area contributed by atoms with Gasteiger partial charge in [0.1, 0.15) is 0 Å². The van der Waals surface area contributed by atoms with Crippen LogP contribution in [0.2, 0.25) is 0 Å². The van der Waals surface area contributed by atoms with Crippen molar-refractivity contribution in [3.63, 3.8) is 0 Å². The molecule has 0 unspecified atom stereocenters. The fourth-order valence-corrected chi connectivity index (χ4v) is 2.03. The maximum absolute atomic E-state index is 11.5. The quantitative estimate of drug-likeness (QED) is 0.497. The molecule has 7 nitrogen and oxygen atoms in total. The third-order valence-electron chi connectivity index (χ3n) is 3.02. The van der Waals surface area contributed by atoms with E-state index in [-0.39, 0.29) is 35.3 Å². The lowest BCUT2D eigenvalue weighted by Gasteiger charge is -2.07. The number of carbonyl (C=O) groups excluding carboxylic acids is 3. The first-order valence-electron chi connectivity index (χ1n) is 6.40. The largest absolute Gasteiger partial charge is 0.478 e. The molecule has 1 heterocycles. The number of cyclic esters (lactones) is 2. The Morgan fingerprint density at radius 2 is 1.86 bits per heavy atom. The summed E-state index contributed by atoms with van der Waals surface area (Å²) in [5, 5.41) is 9.19. The van der Waals surface area contributed by atoms with Gasteiger partial charge in [0.15, 0.2) is 0 Å². The number of carboxylic acid groups (broad SMARTS) is 1. The Morgan fingerprint density at radius 1 is 1.23 bits per heavy atom. The van der Waals surface area contributed by atoms with E-state index in [0.717, 1.165) is 6.07 Å². The minimum absolute atomic E-state index is 0.0183. The molecule has 1 N–H and O–H groups in total. The van der Waals surface area contributed by atoms with Gasteiger partial charge in [0, 0.05) is 12.5 Å². The molecule has 0 saturated heterocycles. The third kappa shape index (κ3) is 3.03. The lowest BCUT2D eigenvalue weighted by Crippen LogP contribution is -2.10. The number of esters is 3. The molecule has 0 radical (unpaired) electrons. The number of allylic oxidation sites excluding steroid dienone is 1. The van der Waals surface area contributed by atoms with Crippen LogP contribution in [0.5, 0.6) is 0 Å². The molecular weight excluding hydrogens is 292 g/mol. The highest BCUT2D eigenvalue weighted by Gasteiger charge is 2.32. The van der Waals surface area contributed by atoms with Gasteiger partial charge < -0.3 is 14.6 Å². The summed E-state index contributed by atoms with van der Waals surface area (Å²) in [6, 6.07) is 2.39. The highest BCUT2D eigenvalue weighted by molar-refractivity contribution is 6.15. The second-order valence-electron chi connectivity index (χ2n) is 4.45. The summed E-state index contributed by atoms with van der Waals surface area (Å²) in [5.41, 5.74) is 0.0977. The van der Waals surface area contributed by atoms with Gasteiger partial charge in [-0.15, -0.1) is 0 Å². The van der Waals surface area contributed by atoms with Crippen LogP contribution in [0.4, 0.5) is 0 Å². The number of hydrogen-bond donors (Lipinski definition) is 1. The van der Waals surface area contributed by atoms with Crippen LogP contribution in [0.3, 0.4) is 0 Å². The van der Waals surface area contributed by atoms with Gasteiger partial charge >= 0.3 is 23.9 Å². The number of rotatable bonds is 5. The zero-order valence-corrected chi connectivity index (χ0v) is 11.6. The first-order chi connectivity index (χ1) is 10.4. The normalized spacial score (nSPS) is 13.1. The van der Waals surface area contributed by atoms with E-state index in [1.807, 2.05) is 0 Å². The van der Waals surface area contributed by atoms with Crippen LogP contribution < -0.4 is 0 Å². The van der Waals surface area contributed by atoms with Crippen molar-refractivity contribution in [3.05, 3.63) is 46.5 Å². The summed E-state index contributed by atoms with van der Waals surface area (Å²) in [5.74, 6) is -3.47. The van der Waals surface area contributed by atoms with Gasteiger partial charge in [0.2, 0.25) is 0 Å². The van der Waals surface area contributed by atoms with E-state index in [2.05, 4.69) is 4.74 Å². The number of benzene rings is 1. The molecular formula is C15H12O7. The summed E-state index contributed by atoms with van der Waals surface area (Å²) in [7, 11) is 0. The average molecular weight is 304 g/mol. The van der Waals surface area contributed by atoms with Gasteiger partial charge in [-0.05, 0) is 24.6 Å². The first-order valence-corrected chi connectivity index (χ1v) is 6.40. The Balaban J connectivity index is 2.25. The van der Waals surface area contributed by atoms with Crippen molar-refractivity contribution in [2.24, 2.45) is 0 Å². The van der Waals surface area contributed by atoms with Crippen LogP contribution in [-0.4, -0.2) is 35.6 Å². The van der Waals surface area contributed by atoms with Gasteiger partial charge in [-0.2, -0.15) is 0 Å². The Morgan fingerprint density at radius 3 is 2.45 bits per heavy atom. The second-order valence-corrected chi connectivity index (χ2v) is 4.45. The number of fused-ring (bicyclic) bond motifs is 1. The minimum atomic E-state index is -1.25. The number of aromatic carboxylic acids is 1. The van der Waals surface area contributed by atoms with Gasteiger partial charge in [-0.25, -0.2) is 19.2 Å². The van der Waals surface area contributed by atoms with Gasteiger partial charge in [-0.1, -0.05) is 6.08 Å². The molecule has 1 aliphatic heterocycles. The monoisotopic (exact) mass is 304 g/mol. The molecule has 0 aliphatic carbocycles. The highest BCUT2D eigenvalue weighted by atomic mass is 16.6. The Labute approximate surface area is 125 Å². The highest BCUT2D eigenvalue weighted by Crippen LogP contribution is 2.25. The Hall–Kier alpha value is -2.96. The van der Waals surface area contributed by atoms with E-state index in [0.29, 0.717) is 0 Å². The van der Waals surface area contributed by atoms with Crippen LogP contribution in [0, 0.1) is 0 Å². The van der Waals surface area contributed by atoms with Crippen LogP contribution in [0.25, 0.3) is 0 Å². The zero-order chi connectivity index (χ0) is 16.3. The number of ether oxygens (including phenoxy) is 2. The van der Waals surface area contributed by atoms with E-state index < -0.39 is 23.9 Å². The van der Waals surface area contributed by atoms with Crippen molar-refractivity contribution in [2.75, 3.05) is 6.61 Å². The van der Waals surface area contributed by atoms with E-state index in [9.17, 15) is 24.3 Å². The predicted molar refractivity (Wildman–Crippen MR) is 72.6 cm³/mol. The predicted octanol–water partition coefficient (Wildman–Crippen LogP) is 1.36. The number of carboxylic acids is 1. The Kier molecular flexibility index (Phi) is 4.36. The molecule has 0 spiro atoms. The van der Waals surface area contributed by atoms with Crippen LogP contribution in [0.1, 0.15) is 43.6 Å². The minimum Gasteiger partial charge on any atom is -0.478 e. The summed E-state index contributed by atoms with van der Waals surface area (Å²) >= 11 is 0. The first kappa shape index (κ1) is 15.4. The fraction of sp³-hybridized carbons (Fsp3) is 0.200. The molecule has 22 heavy (non-hydrogen) atoms. The zero-order valence-electron chi connectivity index (χ0n) is 11.6. The van der Waals surface area contributed by atoms with Crippen molar-refractivity contribution in [1.29, 1.82) is 0 Å². The Bertz CT molecular complexity index is 700. The SMILES string of the molecule is C/C=C/C(=O)OCCc1cc2c(cc1C(=O)O)C(=O)OC2=O. The van der Waals surface area contributed by atoms with E-state index in [1.54, 1.807) is 6.92 Å². The molecule has 1 aromatic carbocycles. The lowest BCUT2D eigenvalue weighted by molar-refractivity contribution is -0.137. The van der Waals surface area contributed by atoms with E-state index in [4.69, 9.17) is 4.74 Å². The van der Waals surface area contributed by atoms with E-state index in [1.165, 1.54) is 18.2 Å². The van der Waals surface area contributed by atoms with Crippen LogP contribution in [-0.2, 0) is 20.7 Å². The molecule has 7 heteroatoms. The molecule has 0 amide bonds. The van der Waals surface area contributed by atoms with Gasteiger partial charge in [-0.3, -0.25) is 0 Å². The van der Waals surface area contributed by atoms with Gasteiger partial charge in [0.25, 0.3) is 0 Å². The van der Waals surface area contributed by atoms with Gasteiger partial charge in [0.05, 0.1) is 23.3 Å². The molecule has 1 aromatic rings. The standard InChI is InChI=1S/C15H12O7/c1-2-3-12(16)21-5-4-8-6-10-11(7-9(8)13(17)18)15(20)22-14(10)19/h2-3,6-7H,4-5H2,1H3,(H,17,18)/b3-2+. The summed E-state index contributed by atoms with van der Waals surface area (Å²) in [6.07, 6.45) is 2.85. The van der Waals surface area contributed by atoms with E-state index >= 15 is 0 Å². The van der Waals surface area contributed by atoms with Crippen molar-refractivity contribution >= 4 is 23.9 Å².